The molecular formula is C21H21N3O5S. The molecular weight excluding hydrogens is 406 g/mol. The van der Waals surface area contributed by atoms with Gasteiger partial charge in [0.2, 0.25) is 15.9 Å². The number of carbonyl (C=O) groups excluding carboxylic acids is 1. The Morgan fingerprint density at radius 3 is 2.10 bits per heavy atom. The molecule has 1 amide bonds. The second kappa shape index (κ2) is 10.3. The summed E-state index contributed by atoms with van der Waals surface area (Å²) in [5.41, 5.74) is 1.01. The predicted molar refractivity (Wildman–Crippen MR) is 116 cm³/mol. The van der Waals surface area contributed by atoms with Crippen LogP contribution in [0.3, 0.4) is 0 Å². The largest absolute Gasteiger partial charge is 0.323 e. The van der Waals surface area contributed by atoms with Crippen LogP contribution in [0.4, 0.5) is 11.4 Å². The number of nitro benzene ring substituents is 1. The minimum atomic E-state index is -3.71. The van der Waals surface area contributed by atoms with Gasteiger partial charge in [-0.25, -0.2) is 8.42 Å². The van der Waals surface area contributed by atoms with E-state index in [0.29, 0.717) is 11.3 Å². The topological polar surface area (TPSA) is 110 Å². The lowest BCUT2D eigenvalue weighted by Gasteiger charge is -2.19. The first-order valence-electron chi connectivity index (χ1n) is 8.83. The Kier molecular flexibility index (Phi) is 7.79. The van der Waals surface area contributed by atoms with E-state index in [4.69, 9.17) is 0 Å². The Balaban J connectivity index is 2.05. The molecule has 2 rings (SSSR count). The molecule has 0 atom stereocenters. The molecule has 0 radical (unpaired) electrons. The molecule has 0 heterocycles. The van der Waals surface area contributed by atoms with E-state index in [-0.39, 0.29) is 23.7 Å². The molecule has 156 valence electrons. The van der Waals surface area contributed by atoms with Crippen molar-refractivity contribution in [3.05, 3.63) is 95.6 Å². The molecule has 2 aromatic rings. The number of nitro groups is 1. The van der Waals surface area contributed by atoms with Gasteiger partial charge in [-0.2, -0.15) is 4.31 Å². The van der Waals surface area contributed by atoms with E-state index in [1.54, 1.807) is 0 Å². The molecule has 9 heteroatoms. The quantitative estimate of drug-likeness (QED) is 0.270. The molecule has 0 aliphatic carbocycles. The lowest BCUT2D eigenvalue weighted by Crippen LogP contribution is -2.31. The van der Waals surface area contributed by atoms with Gasteiger partial charge in [-0.1, -0.05) is 12.2 Å². The van der Waals surface area contributed by atoms with Gasteiger partial charge in [0.1, 0.15) is 0 Å². The third-order valence-electron chi connectivity index (χ3n) is 3.96. The van der Waals surface area contributed by atoms with Crippen LogP contribution in [0.25, 0.3) is 6.08 Å². The summed E-state index contributed by atoms with van der Waals surface area (Å²) in [5.74, 6) is -0.427. The molecule has 2 aromatic carbocycles. The maximum absolute atomic E-state index is 12.7. The van der Waals surface area contributed by atoms with E-state index in [1.807, 2.05) is 0 Å². The number of amides is 1. The Bertz CT molecular complexity index is 1050. The minimum Gasteiger partial charge on any atom is -0.323 e. The number of sulfonamides is 1. The summed E-state index contributed by atoms with van der Waals surface area (Å²) in [6, 6.07) is 11.5. The van der Waals surface area contributed by atoms with E-state index in [1.165, 1.54) is 77.1 Å². The lowest BCUT2D eigenvalue weighted by molar-refractivity contribution is -0.384. The fraction of sp³-hybridized carbons (Fsp3) is 0.0952. The minimum absolute atomic E-state index is 0.0358. The molecule has 0 bridgehead atoms. The number of nitrogens with zero attached hydrogens (tertiary/aromatic N) is 2. The molecule has 30 heavy (non-hydrogen) atoms. The van der Waals surface area contributed by atoms with Crippen LogP contribution in [0.5, 0.6) is 0 Å². The molecule has 0 saturated heterocycles. The average Bonchev–Trinajstić information content (AvgIpc) is 2.73. The molecule has 0 aliphatic heterocycles. The predicted octanol–water partition coefficient (Wildman–Crippen LogP) is 3.61. The van der Waals surface area contributed by atoms with Crippen molar-refractivity contribution in [2.24, 2.45) is 0 Å². The SMILES string of the molecule is C=CCN(CC=C)S(=O)(=O)c1ccc(NC(=O)/C=C/c2ccc([N+](=O)[O-])cc2)cc1. The van der Waals surface area contributed by atoms with Gasteiger partial charge in [0.25, 0.3) is 5.69 Å². The second-order valence-corrected chi connectivity index (χ2v) is 8.03. The number of rotatable bonds is 10. The van der Waals surface area contributed by atoms with Crippen molar-refractivity contribution in [2.75, 3.05) is 18.4 Å². The lowest BCUT2D eigenvalue weighted by atomic mass is 10.2. The van der Waals surface area contributed by atoms with Gasteiger partial charge in [0.15, 0.2) is 0 Å². The fourth-order valence-corrected chi connectivity index (χ4v) is 3.86. The van der Waals surface area contributed by atoms with Crippen LogP contribution >= 0.6 is 0 Å². The summed E-state index contributed by atoms with van der Waals surface area (Å²) in [7, 11) is -3.71. The van der Waals surface area contributed by atoms with Crippen molar-refractivity contribution in [1.82, 2.24) is 4.31 Å². The summed E-state index contributed by atoms with van der Waals surface area (Å²) in [5, 5.41) is 13.3. The van der Waals surface area contributed by atoms with E-state index < -0.39 is 20.9 Å². The van der Waals surface area contributed by atoms with Gasteiger partial charge in [-0.15, -0.1) is 13.2 Å². The van der Waals surface area contributed by atoms with Gasteiger partial charge >= 0.3 is 0 Å². The average molecular weight is 427 g/mol. The molecule has 0 unspecified atom stereocenters. The Hall–Kier alpha value is -3.56. The van der Waals surface area contributed by atoms with Gasteiger partial charge in [0, 0.05) is 37.0 Å². The van der Waals surface area contributed by atoms with Gasteiger partial charge in [-0.05, 0) is 48.0 Å². The maximum atomic E-state index is 12.7. The van der Waals surface area contributed by atoms with E-state index in [9.17, 15) is 23.3 Å². The van der Waals surface area contributed by atoms with Crippen molar-refractivity contribution in [3.8, 4) is 0 Å². The van der Waals surface area contributed by atoms with Gasteiger partial charge < -0.3 is 5.32 Å². The molecule has 0 aliphatic rings. The summed E-state index contributed by atoms with van der Waals surface area (Å²) in [4.78, 5) is 22.3. The fourth-order valence-electron chi connectivity index (χ4n) is 2.48. The number of anilines is 1. The van der Waals surface area contributed by atoms with E-state index in [2.05, 4.69) is 18.5 Å². The molecule has 1 N–H and O–H groups in total. The smallest absolute Gasteiger partial charge is 0.269 e. The van der Waals surface area contributed by atoms with E-state index in [0.717, 1.165) is 0 Å². The highest BCUT2D eigenvalue weighted by Crippen LogP contribution is 2.19. The van der Waals surface area contributed by atoms with Crippen LogP contribution in [0.2, 0.25) is 0 Å². The first kappa shape index (κ1) is 22.7. The number of non-ortho nitro benzene ring substituents is 1. The highest BCUT2D eigenvalue weighted by Gasteiger charge is 2.22. The zero-order valence-corrected chi connectivity index (χ0v) is 16.9. The summed E-state index contributed by atoms with van der Waals surface area (Å²) in [6.07, 6.45) is 5.78. The first-order valence-corrected chi connectivity index (χ1v) is 10.3. The Morgan fingerprint density at radius 2 is 1.60 bits per heavy atom. The maximum Gasteiger partial charge on any atom is 0.269 e. The molecule has 8 nitrogen and oxygen atoms in total. The Morgan fingerprint density at radius 1 is 1.03 bits per heavy atom. The zero-order valence-electron chi connectivity index (χ0n) is 16.1. The van der Waals surface area contributed by atoms with Crippen LogP contribution in [0.15, 0.2) is 84.8 Å². The van der Waals surface area contributed by atoms with Crippen LogP contribution in [-0.2, 0) is 14.8 Å². The van der Waals surface area contributed by atoms with Gasteiger partial charge in [0.05, 0.1) is 9.82 Å². The second-order valence-electron chi connectivity index (χ2n) is 6.09. The molecule has 0 saturated carbocycles. The van der Waals surface area contributed by atoms with Gasteiger partial charge in [-0.3, -0.25) is 14.9 Å². The number of benzene rings is 2. The van der Waals surface area contributed by atoms with Crippen LogP contribution < -0.4 is 5.32 Å². The summed E-state index contributed by atoms with van der Waals surface area (Å²) >= 11 is 0. The third kappa shape index (κ3) is 5.97. The number of hydrogen-bond donors (Lipinski definition) is 1. The van der Waals surface area contributed by atoms with Crippen molar-refractivity contribution >= 4 is 33.4 Å². The molecule has 0 fully saturated rings. The van der Waals surface area contributed by atoms with Crippen molar-refractivity contribution in [3.63, 3.8) is 0 Å². The number of nitrogens with one attached hydrogen (secondary N) is 1. The van der Waals surface area contributed by atoms with Crippen molar-refractivity contribution in [2.45, 2.75) is 4.90 Å². The first-order chi connectivity index (χ1) is 14.3. The van der Waals surface area contributed by atoms with Crippen LogP contribution in [0.1, 0.15) is 5.56 Å². The van der Waals surface area contributed by atoms with E-state index >= 15 is 0 Å². The van der Waals surface area contributed by atoms with Crippen molar-refractivity contribution in [1.29, 1.82) is 0 Å². The monoisotopic (exact) mass is 427 g/mol. The number of hydrogen-bond acceptors (Lipinski definition) is 5. The highest BCUT2D eigenvalue weighted by atomic mass is 32.2. The number of carbonyl (C=O) groups is 1. The van der Waals surface area contributed by atoms with Crippen LogP contribution in [0, 0.1) is 10.1 Å². The summed E-state index contributed by atoms with van der Waals surface area (Å²) in [6.45, 7) is 7.43. The molecule has 0 spiro atoms. The van der Waals surface area contributed by atoms with Crippen LogP contribution in [-0.4, -0.2) is 36.6 Å². The Labute approximate surface area is 175 Å². The zero-order chi connectivity index (χ0) is 22.1. The third-order valence-corrected chi connectivity index (χ3v) is 5.80. The van der Waals surface area contributed by atoms with Crippen molar-refractivity contribution < 1.29 is 18.1 Å². The summed E-state index contributed by atoms with van der Waals surface area (Å²) < 4.78 is 26.6. The highest BCUT2D eigenvalue weighted by molar-refractivity contribution is 7.89. The normalized spacial score (nSPS) is 11.4. The molecule has 0 aromatic heterocycles. The standard InChI is InChI=1S/C21H21N3O5S/c1-3-15-23(16-4-2)30(28,29)20-12-8-18(9-13-20)22-21(25)14-7-17-5-10-19(11-6-17)24(26)27/h3-14H,1-2,15-16H2,(H,22,25)/b14-7+.